The third-order valence-electron chi connectivity index (χ3n) is 2.43. The second kappa shape index (κ2) is 3.34. The number of aromatic nitrogens is 3. The summed E-state index contributed by atoms with van der Waals surface area (Å²) in [5, 5.41) is 8.97. The van der Waals surface area contributed by atoms with Gasteiger partial charge < -0.3 is 9.67 Å². The fraction of sp³-hybridized carbons (Fsp3) is 0.300. The predicted octanol–water partition coefficient (Wildman–Crippen LogP) is 1.23. The SMILES string of the molecule is CCc1nc2c(C(=O)O)cncc2n1C. The fourth-order valence-corrected chi connectivity index (χ4v) is 1.62. The van der Waals surface area contributed by atoms with E-state index in [-0.39, 0.29) is 5.56 Å². The van der Waals surface area contributed by atoms with Gasteiger partial charge in [-0.05, 0) is 0 Å². The van der Waals surface area contributed by atoms with Gasteiger partial charge >= 0.3 is 5.97 Å². The van der Waals surface area contributed by atoms with Gasteiger partial charge in [-0.25, -0.2) is 9.78 Å². The van der Waals surface area contributed by atoms with Crippen molar-refractivity contribution in [3.05, 3.63) is 23.8 Å². The van der Waals surface area contributed by atoms with Crippen LogP contribution in [0.5, 0.6) is 0 Å². The molecule has 0 atom stereocenters. The Bertz CT molecular complexity index is 531. The molecule has 0 radical (unpaired) electrons. The van der Waals surface area contributed by atoms with Crippen molar-refractivity contribution in [1.82, 2.24) is 14.5 Å². The first-order valence-corrected chi connectivity index (χ1v) is 4.67. The number of carboxylic acid groups (broad SMARTS) is 1. The Balaban J connectivity index is 2.81. The minimum absolute atomic E-state index is 0.155. The third-order valence-corrected chi connectivity index (χ3v) is 2.43. The van der Waals surface area contributed by atoms with Crippen LogP contribution in [0.4, 0.5) is 0 Å². The minimum Gasteiger partial charge on any atom is -0.478 e. The molecular formula is C10H11N3O2. The van der Waals surface area contributed by atoms with E-state index in [4.69, 9.17) is 5.11 Å². The molecule has 0 spiro atoms. The lowest BCUT2D eigenvalue weighted by atomic mass is 10.2. The summed E-state index contributed by atoms with van der Waals surface area (Å²) < 4.78 is 1.87. The number of fused-ring (bicyclic) bond motifs is 1. The van der Waals surface area contributed by atoms with Crippen molar-refractivity contribution < 1.29 is 9.90 Å². The smallest absolute Gasteiger partial charge is 0.339 e. The molecule has 0 saturated carbocycles. The van der Waals surface area contributed by atoms with Crippen LogP contribution in [0.25, 0.3) is 11.0 Å². The summed E-state index contributed by atoms with van der Waals surface area (Å²) in [4.78, 5) is 19.1. The van der Waals surface area contributed by atoms with Gasteiger partial charge in [0.05, 0.1) is 11.7 Å². The molecule has 2 rings (SSSR count). The van der Waals surface area contributed by atoms with Crippen LogP contribution in [-0.2, 0) is 13.5 Å². The van der Waals surface area contributed by atoms with Crippen molar-refractivity contribution in [3.63, 3.8) is 0 Å². The van der Waals surface area contributed by atoms with E-state index >= 15 is 0 Å². The number of hydrogen-bond acceptors (Lipinski definition) is 3. The quantitative estimate of drug-likeness (QED) is 0.800. The fourth-order valence-electron chi connectivity index (χ4n) is 1.62. The van der Waals surface area contributed by atoms with Crippen LogP contribution >= 0.6 is 0 Å². The first kappa shape index (κ1) is 9.64. The zero-order valence-corrected chi connectivity index (χ0v) is 8.56. The summed E-state index contributed by atoms with van der Waals surface area (Å²) in [6.45, 7) is 1.98. The van der Waals surface area contributed by atoms with Crippen molar-refractivity contribution in [1.29, 1.82) is 0 Å². The van der Waals surface area contributed by atoms with E-state index in [1.807, 2.05) is 18.5 Å². The lowest BCUT2D eigenvalue weighted by Crippen LogP contribution is -1.98. The Morgan fingerprint density at radius 1 is 1.53 bits per heavy atom. The molecule has 0 fully saturated rings. The summed E-state index contributed by atoms with van der Waals surface area (Å²) in [5.74, 6) is -0.130. The van der Waals surface area contributed by atoms with Crippen molar-refractivity contribution in [3.8, 4) is 0 Å². The second-order valence-electron chi connectivity index (χ2n) is 3.30. The molecule has 0 amide bonds. The zero-order chi connectivity index (χ0) is 11.0. The van der Waals surface area contributed by atoms with Gasteiger partial charge in [-0.15, -0.1) is 0 Å². The van der Waals surface area contributed by atoms with Gasteiger partial charge in [0.1, 0.15) is 16.9 Å². The Morgan fingerprint density at radius 3 is 2.87 bits per heavy atom. The van der Waals surface area contributed by atoms with Crippen LogP contribution in [0, 0.1) is 0 Å². The summed E-state index contributed by atoms with van der Waals surface area (Å²) in [5.41, 5.74) is 1.42. The molecule has 5 heteroatoms. The molecule has 0 saturated heterocycles. The van der Waals surface area contributed by atoms with Gasteiger partial charge in [-0.3, -0.25) is 4.98 Å². The highest BCUT2D eigenvalue weighted by molar-refractivity contribution is 6.00. The van der Waals surface area contributed by atoms with Crippen molar-refractivity contribution in [2.75, 3.05) is 0 Å². The molecule has 2 aromatic rings. The van der Waals surface area contributed by atoms with Gasteiger partial charge in [0.15, 0.2) is 0 Å². The monoisotopic (exact) mass is 205 g/mol. The molecule has 0 aliphatic carbocycles. The Kier molecular flexibility index (Phi) is 2.15. The number of rotatable bonds is 2. The maximum Gasteiger partial charge on any atom is 0.339 e. The number of carboxylic acids is 1. The summed E-state index contributed by atoms with van der Waals surface area (Å²) in [6.07, 6.45) is 3.73. The number of aryl methyl sites for hydroxylation is 2. The third kappa shape index (κ3) is 1.36. The van der Waals surface area contributed by atoms with E-state index < -0.39 is 5.97 Å². The van der Waals surface area contributed by atoms with E-state index in [1.165, 1.54) is 6.20 Å². The van der Waals surface area contributed by atoms with Gasteiger partial charge in [0, 0.05) is 19.7 Å². The van der Waals surface area contributed by atoms with Gasteiger partial charge in [0.2, 0.25) is 0 Å². The average molecular weight is 205 g/mol. The van der Waals surface area contributed by atoms with Crippen LogP contribution in [0.2, 0.25) is 0 Å². The first-order chi connectivity index (χ1) is 7.15. The standard InChI is InChI=1S/C10H11N3O2/c1-3-8-12-9-6(10(14)15)4-11-5-7(9)13(8)2/h4-5H,3H2,1-2H3,(H,14,15). The number of carbonyl (C=O) groups is 1. The highest BCUT2D eigenvalue weighted by Gasteiger charge is 2.14. The minimum atomic E-state index is -0.992. The molecule has 15 heavy (non-hydrogen) atoms. The second-order valence-corrected chi connectivity index (χ2v) is 3.30. The van der Waals surface area contributed by atoms with Crippen LogP contribution in [0.15, 0.2) is 12.4 Å². The summed E-state index contributed by atoms with van der Waals surface area (Å²) in [6, 6.07) is 0. The lowest BCUT2D eigenvalue weighted by molar-refractivity contribution is 0.0698. The molecule has 0 aromatic carbocycles. The molecule has 0 aliphatic rings. The normalized spacial score (nSPS) is 10.8. The largest absolute Gasteiger partial charge is 0.478 e. The van der Waals surface area contributed by atoms with E-state index in [2.05, 4.69) is 9.97 Å². The maximum atomic E-state index is 10.9. The van der Waals surface area contributed by atoms with Crippen LogP contribution < -0.4 is 0 Å². The average Bonchev–Trinajstić information content (AvgIpc) is 2.55. The number of hydrogen-bond donors (Lipinski definition) is 1. The van der Waals surface area contributed by atoms with E-state index in [9.17, 15) is 4.79 Å². The molecule has 5 nitrogen and oxygen atoms in total. The highest BCUT2D eigenvalue weighted by Crippen LogP contribution is 2.17. The van der Waals surface area contributed by atoms with Crippen LogP contribution in [-0.4, -0.2) is 25.6 Å². The lowest BCUT2D eigenvalue weighted by Gasteiger charge is -1.97. The number of imidazole rings is 1. The van der Waals surface area contributed by atoms with Crippen LogP contribution in [0.1, 0.15) is 23.1 Å². The molecule has 0 bridgehead atoms. The maximum absolute atomic E-state index is 10.9. The van der Waals surface area contributed by atoms with Gasteiger partial charge in [-0.2, -0.15) is 0 Å². The highest BCUT2D eigenvalue weighted by atomic mass is 16.4. The van der Waals surface area contributed by atoms with E-state index in [0.717, 1.165) is 17.8 Å². The zero-order valence-electron chi connectivity index (χ0n) is 8.56. The molecule has 0 aliphatic heterocycles. The number of aromatic carboxylic acids is 1. The first-order valence-electron chi connectivity index (χ1n) is 4.67. The van der Waals surface area contributed by atoms with Gasteiger partial charge in [-0.1, -0.05) is 6.92 Å². The molecule has 2 aromatic heterocycles. The Labute approximate surface area is 86.4 Å². The Morgan fingerprint density at radius 2 is 2.27 bits per heavy atom. The molecule has 78 valence electrons. The summed E-state index contributed by atoms with van der Waals surface area (Å²) in [7, 11) is 1.86. The molecular weight excluding hydrogens is 194 g/mol. The molecule has 2 heterocycles. The van der Waals surface area contributed by atoms with Crippen molar-refractivity contribution >= 4 is 17.0 Å². The number of nitrogens with zero attached hydrogens (tertiary/aromatic N) is 3. The van der Waals surface area contributed by atoms with Crippen molar-refractivity contribution in [2.45, 2.75) is 13.3 Å². The van der Waals surface area contributed by atoms with Gasteiger partial charge in [0.25, 0.3) is 0 Å². The topological polar surface area (TPSA) is 68.0 Å². The van der Waals surface area contributed by atoms with Crippen molar-refractivity contribution in [2.24, 2.45) is 7.05 Å². The summed E-state index contributed by atoms with van der Waals surface area (Å²) >= 11 is 0. The number of pyridine rings is 1. The predicted molar refractivity (Wildman–Crippen MR) is 54.8 cm³/mol. The van der Waals surface area contributed by atoms with Crippen LogP contribution in [0.3, 0.4) is 0 Å². The van der Waals surface area contributed by atoms with E-state index in [0.29, 0.717) is 5.52 Å². The Hall–Kier alpha value is -1.91. The molecule has 1 N–H and O–H groups in total. The molecule has 0 unspecified atom stereocenters. The van der Waals surface area contributed by atoms with E-state index in [1.54, 1.807) is 6.20 Å².